The average molecular weight is 478 g/mol. The molecule has 2 heterocycles. The number of furan rings is 1. The van der Waals surface area contributed by atoms with E-state index in [1.165, 1.54) is 4.90 Å². The van der Waals surface area contributed by atoms with E-state index in [4.69, 9.17) is 19.4 Å². The second-order valence-electron chi connectivity index (χ2n) is 8.38. The Morgan fingerprint density at radius 3 is 2.64 bits per heavy atom. The zero-order valence-corrected chi connectivity index (χ0v) is 19.5. The van der Waals surface area contributed by atoms with Crippen molar-refractivity contribution in [1.29, 1.82) is 5.26 Å². The maximum Gasteiger partial charge on any atom is 0.339 e. The average Bonchev–Trinajstić information content (AvgIpc) is 3.57. The second kappa shape index (κ2) is 10.3. The molecule has 0 N–H and O–H groups in total. The van der Waals surface area contributed by atoms with E-state index >= 15 is 0 Å². The highest BCUT2D eigenvalue weighted by atomic mass is 16.5. The van der Waals surface area contributed by atoms with Crippen LogP contribution in [0.2, 0.25) is 0 Å². The summed E-state index contributed by atoms with van der Waals surface area (Å²) in [5, 5.41) is 9.71. The minimum absolute atomic E-state index is 0.169. The molecule has 0 radical (unpaired) electrons. The Bertz CT molecular complexity index is 1480. The van der Waals surface area contributed by atoms with Crippen LogP contribution in [0.1, 0.15) is 40.2 Å². The van der Waals surface area contributed by atoms with Gasteiger partial charge in [-0.05, 0) is 60.4 Å². The first kappa shape index (κ1) is 23.1. The van der Waals surface area contributed by atoms with Crippen molar-refractivity contribution in [2.45, 2.75) is 19.3 Å². The van der Waals surface area contributed by atoms with E-state index in [0.29, 0.717) is 35.0 Å². The van der Waals surface area contributed by atoms with E-state index in [1.54, 1.807) is 18.4 Å². The number of benzene rings is 2. The minimum Gasteiger partial charge on any atom is -0.465 e. The van der Waals surface area contributed by atoms with Crippen LogP contribution >= 0.6 is 0 Å². The minimum atomic E-state index is -0.564. The van der Waals surface area contributed by atoms with Crippen LogP contribution in [0.15, 0.2) is 77.4 Å². The Morgan fingerprint density at radius 2 is 1.86 bits per heavy atom. The topological polar surface area (TPSA) is 96.4 Å². The fraction of sp³-hybridized carbons (Fsp3) is 0.172. The van der Waals surface area contributed by atoms with Crippen molar-refractivity contribution in [2.75, 3.05) is 18.1 Å². The lowest BCUT2D eigenvalue weighted by Crippen LogP contribution is -2.35. The summed E-state index contributed by atoms with van der Waals surface area (Å²) >= 11 is 0. The number of carbonyl (C=O) groups is 2. The number of carbonyl (C=O) groups excluding carboxylic acids is 2. The summed E-state index contributed by atoms with van der Waals surface area (Å²) in [6.45, 7) is -0.217. The normalized spacial score (nSPS) is 13.4. The number of esters is 1. The van der Waals surface area contributed by atoms with Crippen LogP contribution in [0, 0.1) is 11.3 Å². The summed E-state index contributed by atoms with van der Waals surface area (Å²) in [5.41, 5.74) is 4.33. The number of anilines is 1. The SMILES string of the molecule is N#CCCN(C(=O)COC(=O)c1c2c(nc3ccccc13)/C(=C/c1ccco1)CC2)c1ccccc1. The van der Waals surface area contributed by atoms with E-state index < -0.39 is 18.5 Å². The van der Waals surface area contributed by atoms with Gasteiger partial charge in [0.25, 0.3) is 5.91 Å². The number of hydrogen-bond acceptors (Lipinski definition) is 6. The van der Waals surface area contributed by atoms with Gasteiger partial charge in [0.2, 0.25) is 0 Å². The third kappa shape index (κ3) is 4.62. The number of nitrogens with zero attached hydrogens (tertiary/aromatic N) is 3. The van der Waals surface area contributed by atoms with Gasteiger partial charge in [-0.1, -0.05) is 36.4 Å². The van der Waals surface area contributed by atoms with Gasteiger partial charge < -0.3 is 14.1 Å². The van der Waals surface area contributed by atoms with Crippen LogP contribution in [-0.4, -0.2) is 30.0 Å². The molecule has 1 amide bonds. The number of aromatic nitrogens is 1. The highest BCUT2D eigenvalue weighted by Crippen LogP contribution is 2.37. The van der Waals surface area contributed by atoms with E-state index in [0.717, 1.165) is 22.6 Å². The Hall–Kier alpha value is -4.70. The molecular formula is C29H23N3O4. The van der Waals surface area contributed by atoms with E-state index in [2.05, 4.69) is 6.07 Å². The lowest BCUT2D eigenvalue weighted by atomic mass is 10.0. The van der Waals surface area contributed by atoms with Crippen molar-refractivity contribution in [3.05, 3.63) is 95.6 Å². The molecule has 178 valence electrons. The first-order valence-corrected chi connectivity index (χ1v) is 11.7. The smallest absolute Gasteiger partial charge is 0.339 e. The fourth-order valence-electron chi connectivity index (χ4n) is 4.50. The number of pyridine rings is 1. The highest BCUT2D eigenvalue weighted by molar-refractivity contribution is 6.08. The number of para-hydroxylation sites is 2. The molecule has 0 atom stereocenters. The zero-order chi connectivity index (χ0) is 24.9. The van der Waals surface area contributed by atoms with Crippen molar-refractivity contribution in [2.24, 2.45) is 0 Å². The van der Waals surface area contributed by atoms with Crippen molar-refractivity contribution >= 4 is 40.1 Å². The van der Waals surface area contributed by atoms with E-state index in [-0.39, 0.29) is 13.0 Å². The number of hydrogen-bond donors (Lipinski definition) is 0. The number of allylic oxidation sites excluding steroid dienone is 1. The molecule has 5 rings (SSSR count). The van der Waals surface area contributed by atoms with Gasteiger partial charge >= 0.3 is 5.97 Å². The lowest BCUT2D eigenvalue weighted by molar-refractivity contribution is -0.121. The molecule has 0 spiro atoms. The Morgan fingerprint density at radius 1 is 1.06 bits per heavy atom. The molecule has 1 aliphatic carbocycles. The molecule has 1 aliphatic rings. The summed E-state index contributed by atoms with van der Waals surface area (Å²) in [6.07, 6.45) is 5.08. The van der Waals surface area contributed by atoms with Gasteiger partial charge in [0.1, 0.15) is 5.76 Å². The number of fused-ring (bicyclic) bond motifs is 2. The van der Waals surface area contributed by atoms with Crippen LogP contribution in [0.3, 0.4) is 0 Å². The van der Waals surface area contributed by atoms with Crippen molar-refractivity contribution in [3.8, 4) is 6.07 Å². The van der Waals surface area contributed by atoms with E-state index in [1.807, 2.05) is 60.7 Å². The van der Waals surface area contributed by atoms with E-state index in [9.17, 15) is 9.59 Å². The molecule has 2 aromatic carbocycles. The maximum atomic E-state index is 13.4. The third-order valence-corrected chi connectivity index (χ3v) is 6.15. The second-order valence-corrected chi connectivity index (χ2v) is 8.38. The molecule has 0 fully saturated rings. The lowest BCUT2D eigenvalue weighted by Gasteiger charge is -2.21. The standard InChI is InChI=1S/C29H23N3O4/c30-15-7-16-32(21-8-2-1-3-9-21)26(33)19-36-29(34)27-23-11-4-5-12-25(23)31-28-20(13-14-24(27)28)18-22-10-6-17-35-22/h1-6,8-12,17-18H,7,13-14,16,19H2/b20-18+. The first-order chi connectivity index (χ1) is 17.7. The molecule has 36 heavy (non-hydrogen) atoms. The van der Waals surface area contributed by atoms with Crippen LogP contribution in [0.4, 0.5) is 5.69 Å². The Labute approximate surface area is 208 Å². The van der Waals surface area contributed by atoms with Crippen molar-refractivity contribution < 1.29 is 18.7 Å². The van der Waals surface area contributed by atoms with Gasteiger partial charge in [-0.15, -0.1) is 0 Å². The largest absolute Gasteiger partial charge is 0.465 e. The third-order valence-electron chi connectivity index (χ3n) is 6.15. The highest BCUT2D eigenvalue weighted by Gasteiger charge is 2.28. The predicted molar refractivity (Wildman–Crippen MR) is 136 cm³/mol. The quantitative estimate of drug-likeness (QED) is 0.330. The molecule has 0 unspecified atom stereocenters. The molecule has 4 aromatic rings. The molecular weight excluding hydrogens is 454 g/mol. The van der Waals surface area contributed by atoms with Crippen molar-refractivity contribution in [1.82, 2.24) is 4.98 Å². The van der Waals surface area contributed by atoms with Gasteiger partial charge in [-0.2, -0.15) is 5.26 Å². The first-order valence-electron chi connectivity index (χ1n) is 11.7. The fourth-order valence-corrected chi connectivity index (χ4v) is 4.50. The summed E-state index contributed by atoms with van der Waals surface area (Å²) in [7, 11) is 0. The molecule has 0 aliphatic heterocycles. The van der Waals surface area contributed by atoms with Gasteiger partial charge in [0.15, 0.2) is 6.61 Å². The molecule has 0 saturated carbocycles. The molecule has 0 saturated heterocycles. The van der Waals surface area contributed by atoms with Crippen molar-refractivity contribution in [3.63, 3.8) is 0 Å². The summed E-state index contributed by atoms with van der Waals surface area (Å²) in [5.74, 6) is -0.232. The van der Waals surface area contributed by atoms with Gasteiger partial charge in [0, 0.05) is 17.6 Å². The summed E-state index contributed by atoms with van der Waals surface area (Å²) < 4.78 is 11.0. The molecule has 7 nitrogen and oxygen atoms in total. The Kier molecular flexibility index (Phi) is 6.59. The monoisotopic (exact) mass is 477 g/mol. The summed E-state index contributed by atoms with van der Waals surface area (Å²) in [6, 6.07) is 22.2. The Balaban J connectivity index is 1.44. The van der Waals surface area contributed by atoms with Crippen LogP contribution in [0.5, 0.6) is 0 Å². The molecule has 0 bridgehead atoms. The van der Waals surface area contributed by atoms with Crippen LogP contribution < -0.4 is 4.90 Å². The molecule has 2 aromatic heterocycles. The summed E-state index contributed by atoms with van der Waals surface area (Å²) in [4.78, 5) is 32.7. The van der Waals surface area contributed by atoms with Gasteiger partial charge in [-0.3, -0.25) is 4.79 Å². The van der Waals surface area contributed by atoms with Crippen LogP contribution in [0.25, 0.3) is 22.6 Å². The number of amides is 1. The zero-order valence-electron chi connectivity index (χ0n) is 19.5. The predicted octanol–water partition coefficient (Wildman–Crippen LogP) is 5.42. The van der Waals surface area contributed by atoms with Gasteiger partial charge in [-0.25, -0.2) is 9.78 Å². The number of ether oxygens (including phenoxy) is 1. The maximum absolute atomic E-state index is 13.4. The van der Waals surface area contributed by atoms with Crippen LogP contribution in [-0.2, 0) is 16.0 Å². The number of nitriles is 1. The van der Waals surface area contributed by atoms with Gasteiger partial charge in [0.05, 0.1) is 35.5 Å². The number of rotatable bonds is 7. The molecule has 7 heteroatoms.